The van der Waals surface area contributed by atoms with E-state index in [2.05, 4.69) is 4.98 Å². The highest BCUT2D eigenvalue weighted by molar-refractivity contribution is 6.31. The van der Waals surface area contributed by atoms with E-state index in [9.17, 15) is 14.7 Å². The number of aliphatic hydroxyl groups is 1. The van der Waals surface area contributed by atoms with Gasteiger partial charge in [-0.15, -0.1) is 0 Å². The zero-order valence-electron chi connectivity index (χ0n) is 13.2. The van der Waals surface area contributed by atoms with Gasteiger partial charge in [0, 0.05) is 17.1 Å². The van der Waals surface area contributed by atoms with Gasteiger partial charge in [-0.25, -0.2) is 9.78 Å². The highest BCUT2D eigenvalue weighted by atomic mass is 35.5. The molecule has 0 bridgehead atoms. The molecule has 0 spiro atoms. The molecule has 0 saturated carbocycles. The number of nitrogens with zero attached hydrogens (tertiary/aromatic N) is 2. The number of carbonyl (C=O) groups is 2. The molecule has 3 aromatic rings. The number of esters is 1. The van der Waals surface area contributed by atoms with Gasteiger partial charge in [0.2, 0.25) is 0 Å². The number of aliphatic hydroxyl groups excluding tert-OH is 1. The van der Waals surface area contributed by atoms with Crippen LogP contribution >= 0.6 is 11.6 Å². The summed E-state index contributed by atoms with van der Waals surface area (Å²) < 4.78 is 7.08. The lowest BCUT2D eigenvalue weighted by atomic mass is 10.1. The van der Waals surface area contributed by atoms with Crippen LogP contribution in [0.2, 0.25) is 5.02 Å². The lowest BCUT2D eigenvalue weighted by Gasteiger charge is -2.08. The van der Waals surface area contributed by atoms with Crippen LogP contribution in [0.1, 0.15) is 26.5 Å². The van der Waals surface area contributed by atoms with Crippen LogP contribution in [0.5, 0.6) is 0 Å². The van der Waals surface area contributed by atoms with Gasteiger partial charge in [0.25, 0.3) is 0 Å². The predicted molar refractivity (Wildman–Crippen MR) is 92.8 cm³/mol. The van der Waals surface area contributed by atoms with Crippen molar-refractivity contribution in [1.29, 1.82) is 0 Å². The van der Waals surface area contributed by atoms with Crippen molar-refractivity contribution in [3.8, 4) is 0 Å². The van der Waals surface area contributed by atoms with E-state index < -0.39 is 5.97 Å². The van der Waals surface area contributed by atoms with Crippen LogP contribution < -0.4 is 0 Å². The van der Waals surface area contributed by atoms with Gasteiger partial charge in [0.1, 0.15) is 18.7 Å². The quantitative estimate of drug-likeness (QED) is 0.541. The van der Waals surface area contributed by atoms with Crippen LogP contribution in [0.25, 0.3) is 11.0 Å². The molecule has 1 heterocycles. The number of imidazole rings is 1. The monoisotopic (exact) mass is 358 g/mol. The largest absolute Gasteiger partial charge is 0.454 e. The van der Waals surface area contributed by atoms with Crippen molar-refractivity contribution >= 4 is 34.9 Å². The number of ether oxygens (including phenoxy) is 1. The lowest BCUT2D eigenvalue weighted by molar-refractivity contribution is 0.0457. The van der Waals surface area contributed by atoms with Crippen LogP contribution in [0.15, 0.2) is 42.5 Å². The molecule has 1 N–H and O–H groups in total. The summed E-state index contributed by atoms with van der Waals surface area (Å²) >= 11 is 6.02. The molecule has 0 aliphatic heterocycles. The Morgan fingerprint density at radius 1 is 1.24 bits per heavy atom. The Hall–Kier alpha value is -2.70. The molecule has 0 amide bonds. The molecule has 0 aliphatic carbocycles. The average Bonchev–Trinajstić information content (AvgIpc) is 2.97. The zero-order valence-corrected chi connectivity index (χ0v) is 13.9. The summed E-state index contributed by atoms with van der Waals surface area (Å²) in [5.41, 5.74) is 2.30. The Bertz CT molecular complexity index is 919. The van der Waals surface area contributed by atoms with E-state index in [1.807, 2.05) is 0 Å². The molecule has 0 fully saturated rings. The molecular weight excluding hydrogens is 344 g/mol. The van der Waals surface area contributed by atoms with Crippen molar-refractivity contribution in [2.24, 2.45) is 0 Å². The fourth-order valence-electron chi connectivity index (χ4n) is 2.52. The second-order valence-electron chi connectivity index (χ2n) is 5.35. The van der Waals surface area contributed by atoms with Crippen molar-refractivity contribution in [1.82, 2.24) is 9.55 Å². The van der Waals surface area contributed by atoms with Crippen LogP contribution in [0.3, 0.4) is 0 Å². The molecule has 0 atom stereocenters. The van der Waals surface area contributed by atoms with Gasteiger partial charge in [-0.2, -0.15) is 0 Å². The Labute approximate surface area is 148 Å². The Kier molecular flexibility index (Phi) is 5.11. The first-order chi connectivity index (χ1) is 12.1. The lowest BCUT2D eigenvalue weighted by Crippen LogP contribution is -2.11. The predicted octanol–water partition coefficient (Wildman–Crippen LogP) is 2.85. The Balaban J connectivity index is 1.80. The first-order valence-electron chi connectivity index (χ1n) is 7.60. The van der Waals surface area contributed by atoms with Gasteiger partial charge in [-0.05, 0) is 30.3 Å². The number of halogens is 1. The first kappa shape index (κ1) is 17.1. The molecule has 7 heteroatoms. The van der Waals surface area contributed by atoms with E-state index in [0.717, 1.165) is 5.52 Å². The second-order valence-corrected chi connectivity index (χ2v) is 5.79. The maximum atomic E-state index is 12.1. The van der Waals surface area contributed by atoms with Crippen molar-refractivity contribution in [3.63, 3.8) is 0 Å². The molecule has 0 unspecified atom stereocenters. The van der Waals surface area contributed by atoms with Crippen LogP contribution in [-0.2, 0) is 17.9 Å². The summed E-state index contributed by atoms with van der Waals surface area (Å²) in [5, 5.41) is 9.84. The van der Waals surface area contributed by atoms with E-state index in [1.165, 1.54) is 12.1 Å². The van der Waals surface area contributed by atoms with E-state index in [4.69, 9.17) is 16.3 Å². The molecule has 25 heavy (non-hydrogen) atoms. The summed E-state index contributed by atoms with van der Waals surface area (Å²) in [6, 6.07) is 11.4. The minimum atomic E-state index is -0.516. The molecule has 1 aromatic heterocycles. The average molecular weight is 359 g/mol. The zero-order chi connectivity index (χ0) is 17.8. The van der Waals surface area contributed by atoms with Crippen molar-refractivity contribution in [3.05, 3.63) is 64.4 Å². The number of rotatable bonds is 6. The summed E-state index contributed by atoms with van der Waals surface area (Å²) in [7, 11) is 0. The minimum Gasteiger partial charge on any atom is -0.454 e. The summed E-state index contributed by atoms with van der Waals surface area (Å²) in [4.78, 5) is 27.2. The number of fused-ring (bicyclic) bond motifs is 1. The van der Waals surface area contributed by atoms with E-state index in [1.54, 1.807) is 34.9 Å². The molecule has 128 valence electrons. The normalized spacial score (nSPS) is 10.8. The molecule has 2 aromatic carbocycles. The number of hydrogen-bond acceptors (Lipinski definition) is 5. The third-order valence-electron chi connectivity index (χ3n) is 3.73. The van der Waals surface area contributed by atoms with Gasteiger partial charge >= 0.3 is 5.97 Å². The van der Waals surface area contributed by atoms with Crippen LogP contribution in [0, 0.1) is 0 Å². The topological polar surface area (TPSA) is 81.4 Å². The maximum absolute atomic E-state index is 12.1. The second kappa shape index (κ2) is 7.46. The highest BCUT2D eigenvalue weighted by Crippen LogP contribution is 2.21. The Morgan fingerprint density at radius 3 is 2.68 bits per heavy atom. The van der Waals surface area contributed by atoms with Gasteiger partial charge < -0.3 is 14.4 Å². The third kappa shape index (κ3) is 3.70. The van der Waals surface area contributed by atoms with Gasteiger partial charge in [-0.3, -0.25) is 4.79 Å². The van der Waals surface area contributed by atoms with Gasteiger partial charge in [-0.1, -0.05) is 23.7 Å². The van der Waals surface area contributed by atoms with Gasteiger partial charge in [0.05, 0.1) is 23.2 Å². The first-order valence-corrected chi connectivity index (χ1v) is 7.98. The standard InChI is InChI=1S/C18H15ClN2O4/c19-14-5-6-15-16(9-14)21(7-8-22)17(20-15)11-25-18(24)13-3-1-12(10-23)2-4-13/h1-6,9-10,22H,7-8,11H2. The number of aldehydes is 1. The van der Waals surface area contributed by atoms with Crippen LogP contribution in [0.4, 0.5) is 0 Å². The number of hydrogen-bond donors (Lipinski definition) is 1. The number of carbonyl (C=O) groups excluding carboxylic acids is 2. The number of aromatic nitrogens is 2. The molecular formula is C18H15ClN2O4. The van der Waals surface area contributed by atoms with Gasteiger partial charge in [0.15, 0.2) is 0 Å². The molecule has 3 rings (SSSR count). The summed E-state index contributed by atoms with van der Waals surface area (Å²) in [6.07, 6.45) is 0.706. The summed E-state index contributed by atoms with van der Waals surface area (Å²) in [5.74, 6) is 0.00210. The van der Waals surface area contributed by atoms with E-state index >= 15 is 0 Å². The molecule has 0 saturated heterocycles. The van der Waals surface area contributed by atoms with E-state index in [-0.39, 0.29) is 13.2 Å². The van der Waals surface area contributed by atoms with E-state index in [0.29, 0.717) is 40.3 Å². The SMILES string of the molecule is O=Cc1ccc(C(=O)OCc2nc3ccc(Cl)cc3n2CCO)cc1. The maximum Gasteiger partial charge on any atom is 0.338 e. The fourth-order valence-corrected chi connectivity index (χ4v) is 2.68. The molecule has 0 aliphatic rings. The minimum absolute atomic E-state index is 0.0411. The Morgan fingerprint density at radius 2 is 2.00 bits per heavy atom. The summed E-state index contributed by atoms with van der Waals surface area (Å²) in [6.45, 7) is 0.199. The van der Waals surface area contributed by atoms with Crippen LogP contribution in [-0.4, -0.2) is 33.5 Å². The smallest absolute Gasteiger partial charge is 0.338 e. The molecule has 6 nitrogen and oxygen atoms in total. The molecule has 0 radical (unpaired) electrons. The highest BCUT2D eigenvalue weighted by Gasteiger charge is 2.14. The number of benzene rings is 2. The van der Waals surface area contributed by atoms with Crippen molar-refractivity contribution < 1.29 is 19.4 Å². The fraction of sp³-hybridized carbons (Fsp3) is 0.167. The third-order valence-corrected chi connectivity index (χ3v) is 3.96. The van der Waals surface area contributed by atoms with Crippen molar-refractivity contribution in [2.75, 3.05) is 6.61 Å². The van der Waals surface area contributed by atoms with Crippen molar-refractivity contribution in [2.45, 2.75) is 13.2 Å².